The second kappa shape index (κ2) is 9.52. The van der Waals surface area contributed by atoms with Crippen LogP contribution in [0.3, 0.4) is 0 Å². The number of nitrogens with one attached hydrogen (secondary N) is 1. The second-order valence-corrected chi connectivity index (χ2v) is 6.26. The molecule has 0 bridgehead atoms. The third kappa shape index (κ3) is 5.17. The van der Waals surface area contributed by atoms with Gasteiger partial charge in [-0.1, -0.05) is 79.2 Å². The molecule has 0 saturated carbocycles. The van der Waals surface area contributed by atoms with Crippen LogP contribution in [0.1, 0.15) is 41.4 Å². The first-order valence-electron chi connectivity index (χ1n) is 9.20. The van der Waals surface area contributed by atoms with Crippen LogP contribution in [0.5, 0.6) is 5.88 Å². The van der Waals surface area contributed by atoms with Crippen molar-refractivity contribution in [2.75, 3.05) is 6.61 Å². The molecular formula is C21H24N4O2. The van der Waals surface area contributed by atoms with Crippen molar-refractivity contribution in [3.8, 4) is 5.88 Å². The fourth-order valence-electron chi connectivity index (χ4n) is 2.62. The molecule has 27 heavy (non-hydrogen) atoms. The van der Waals surface area contributed by atoms with Crippen molar-refractivity contribution in [2.24, 2.45) is 0 Å². The maximum absolute atomic E-state index is 12.6. The first-order valence-corrected chi connectivity index (χ1v) is 9.20. The molecule has 0 radical (unpaired) electrons. The molecule has 6 heteroatoms. The Morgan fingerprint density at radius 3 is 2.37 bits per heavy atom. The highest BCUT2D eigenvalue weighted by molar-refractivity contribution is 5.94. The van der Waals surface area contributed by atoms with Crippen LogP contribution in [0, 0.1) is 0 Å². The van der Waals surface area contributed by atoms with Crippen LogP contribution in [0.25, 0.3) is 0 Å². The number of aromatic nitrogens is 3. The molecule has 6 nitrogen and oxygen atoms in total. The lowest BCUT2D eigenvalue weighted by Crippen LogP contribution is -2.24. The quantitative estimate of drug-likeness (QED) is 0.591. The highest BCUT2D eigenvalue weighted by atomic mass is 16.5. The molecule has 0 saturated heterocycles. The summed E-state index contributed by atoms with van der Waals surface area (Å²) in [6, 6.07) is 19.7. The van der Waals surface area contributed by atoms with Gasteiger partial charge in [-0.3, -0.25) is 4.79 Å². The summed E-state index contributed by atoms with van der Waals surface area (Å²) in [4.78, 5) is 12.6. The van der Waals surface area contributed by atoms with Gasteiger partial charge in [0.25, 0.3) is 5.91 Å². The van der Waals surface area contributed by atoms with E-state index in [0.29, 0.717) is 25.6 Å². The Bertz CT molecular complexity index is 847. The molecule has 1 heterocycles. The summed E-state index contributed by atoms with van der Waals surface area (Å²) >= 11 is 0. The van der Waals surface area contributed by atoms with E-state index < -0.39 is 0 Å². The van der Waals surface area contributed by atoms with Crippen LogP contribution in [0.4, 0.5) is 0 Å². The maximum atomic E-state index is 12.6. The van der Waals surface area contributed by atoms with E-state index in [0.717, 1.165) is 24.0 Å². The molecule has 0 fully saturated rings. The van der Waals surface area contributed by atoms with E-state index in [1.54, 1.807) is 4.68 Å². The van der Waals surface area contributed by atoms with Gasteiger partial charge < -0.3 is 10.1 Å². The maximum Gasteiger partial charge on any atom is 0.277 e. The summed E-state index contributed by atoms with van der Waals surface area (Å²) in [6.45, 7) is 3.55. The van der Waals surface area contributed by atoms with Crippen molar-refractivity contribution in [1.29, 1.82) is 0 Å². The van der Waals surface area contributed by atoms with E-state index in [-0.39, 0.29) is 11.6 Å². The Kier molecular flexibility index (Phi) is 6.57. The molecule has 1 aromatic heterocycles. The number of hydrogen-bond donors (Lipinski definition) is 1. The molecule has 0 aliphatic carbocycles. The van der Waals surface area contributed by atoms with Gasteiger partial charge in [-0.05, 0) is 17.5 Å². The topological polar surface area (TPSA) is 69.0 Å². The van der Waals surface area contributed by atoms with E-state index in [2.05, 4.69) is 22.6 Å². The van der Waals surface area contributed by atoms with Crippen LogP contribution < -0.4 is 10.1 Å². The number of hydrogen-bond acceptors (Lipinski definition) is 4. The number of ether oxygens (including phenoxy) is 1. The van der Waals surface area contributed by atoms with Gasteiger partial charge in [0.05, 0.1) is 13.2 Å². The first-order chi connectivity index (χ1) is 13.3. The minimum absolute atomic E-state index is 0.220. The van der Waals surface area contributed by atoms with Crippen molar-refractivity contribution in [3.05, 3.63) is 77.5 Å². The highest BCUT2D eigenvalue weighted by Gasteiger charge is 2.21. The Morgan fingerprint density at radius 1 is 1.04 bits per heavy atom. The summed E-state index contributed by atoms with van der Waals surface area (Å²) in [6.07, 6.45) is 1.91. The predicted octanol–water partition coefficient (Wildman–Crippen LogP) is 3.44. The average Bonchev–Trinajstić information content (AvgIpc) is 3.10. The van der Waals surface area contributed by atoms with Gasteiger partial charge in [-0.15, -0.1) is 5.10 Å². The molecule has 3 aromatic rings. The number of carbonyl (C=O) groups is 1. The van der Waals surface area contributed by atoms with Crippen LogP contribution in [-0.2, 0) is 13.1 Å². The van der Waals surface area contributed by atoms with Gasteiger partial charge in [0.2, 0.25) is 11.6 Å². The van der Waals surface area contributed by atoms with E-state index >= 15 is 0 Å². The molecule has 0 unspecified atom stereocenters. The summed E-state index contributed by atoms with van der Waals surface area (Å²) < 4.78 is 7.51. The highest BCUT2D eigenvalue weighted by Crippen LogP contribution is 2.18. The van der Waals surface area contributed by atoms with Crippen LogP contribution in [-0.4, -0.2) is 27.5 Å². The molecule has 140 valence electrons. The third-order valence-electron chi connectivity index (χ3n) is 4.11. The molecule has 2 aromatic carbocycles. The monoisotopic (exact) mass is 364 g/mol. The van der Waals surface area contributed by atoms with E-state index in [9.17, 15) is 4.79 Å². The Morgan fingerprint density at radius 2 is 1.70 bits per heavy atom. The van der Waals surface area contributed by atoms with Gasteiger partial charge in [-0.25, -0.2) is 4.68 Å². The zero-order chi connectivity index (χ0) is 18.9. The van der Waals surface area contributed by atoms with Crippen LogP contribution >= 0.6 is 0 Å². The summed E-state index contributed by atoms with van der Waals surface area (Å²) in [7, 11) is 0. The molecule has 0 aliphatic heterocycles. The molecule has 3 rings (SSSR count). The Hall–Kier alpha value is -3.15. The SMILES string of the molecule is CCCCOc1c(C(=O)NCc2ccccc2)nnn1Cc1ccccc1. The molecule has 1 amide bonds. The number of amides is 1. The normalized spacial score (nSPS) is 10.6. The predicted molar refractivity (Wildman–Crippen MR) is 104 cm³/mol. The second-order valence-electron chi connectivity index (χ2n) is 6.26. The van der Waals surface area contributed by atoms with Gasteiger partial charge in [0.1, 0.15) is 0 Å². The molecule has 1 N–H and O–H groups in total. The minimum Gasteiger partial charge on any atom is -0.476 e. The van der Waals surface area contributed by atoms with Crippen molar-refractivity contribution in [2.45, 2.75) is 32.9 Å². The Labute approximate surface area is 159 Å². The Balaban J connectivity index is 1.75. The fraction of sp³-hybridized carbons (Fsp3) is 0.286. The number of carbonyl (C=O) groups excluding carboxylic acids is 1. The standard InChI is InChI=1S/C21H24N4O2/c1-2-3-14-27-21-19(20(26)22-15-17-10-6-4-7-11-17)23-24-25(21)16-18-12-8-5-9-13-18/h4-13H,2-3,14-16H2,1H3,(H,22,26). The van der Waals surface area contributed by atoms with E-state index in [1.807, 2.05) is 60.7 Å². The number of benzene rings is 2. The first kappa shape index (κ1) is 18.6. The average molecular weight is 364 g/mol. The van der Waals surface area contributed by atoms with E-state index in [1.165, 1.54) is 0 Å². The van der Waals surface area contributed by atoms with Gasteiger partial charge >= 0.3 is 0 Å². The zero-order valence-corrected chi connectivity index (χ0v) is 15.5. The summed E-state index contributed by atoms with van der Waals surface area (Å²) in [5, 5.41) is 11.1. The largest absolute Gasteiger partial charge is 0.476 e. The van der Waals surface area contributed by atoms with Crippen molar-refractivity contribution < 1.29 is 9.53 Å². The lowest BCUT2D eigenvalue weighted by molar-refractivity contribution is 0.0941. The van der Waals surface area contributed by atoms with E-state index in [4.69, 9.17) is 4.74 Å². The van der Waals surface area contributed by atoms with Crippen molar-refractivity contribution in [3.63, 3.8) is 0 Å². The zero-order valence-electron chi connectivity index (χ0n) is 15.5. The van der Waals surface area contributed by atoms with Gasteiger partial charge in [0, 0.05) is 6.54 Å². The smallest absolute Gasteiger partial charge is 0.277 e. The number of unbranched alkanes of at least 4 members (excludes halogenated alkanes) is 1. The molecule has 0 atom stereocenters. The lowest BCUT2D eigenvalue weighted by atomic mass is 10.2. The molecule has 0 spiro atoms. The number of nitrogens with zero attached hydrogens (tertiary/aromatic N) is 3. The summed E-state index contributed by atoms with van der Waals surface area (Å²) in [5.74, 6) is 0.127. The molecular weight excluding hydrogens is 340 g/mol. The molecule has 0 aliphatic rings. The lowest BCUT2D eigenvalue weighted by Gasteiger charge is -2.10. The third-order valence-corrected chi connectivity index (χ3v) is 4.11. The van der Waals surface area contributed by atoms with Crippen LogP contribution in [0.15, 0.2) is 60.7 Å². The summed E-state index contributed by atoms with van der Waals surface area (Å²) in [5.41, 5.74) is 2.31. The minimum atomic E-state index is -0.287. The van der Waals surface area contributed by atoms with Gasteiger partial charge in [0.15, 0.2) is 0 Å². The fourth-order valence-corrected chi connectivity index (χ4v) is 2.62. The van der Waals surface area contributed by atoms with Crippen molar-refractivity contribution in [1.82, 2.24) is 20.3 Å². The van der Waals surface area contributed by atoms with Crippen LogP contribution in [0.2, 0.25) is 0 Å². The van der Waals surface area contributed by atoms with Crippen molar-refractivity contribution >= 4 is 5.91 Å². The van der Waals surface area contributed by atoms with Gasteiger partial charge in [-0.2, -0.15) is 0 Å². The number of rotatable bonds is 9.